The lowest BCUT2D eigenvalue weighted by Crippen LogP contribution is -2.15. The Kier molecular flexibility index (Phi) is 2.41. The van der Waals surface area contributed by atoms with E-state index in [2.05, 4.69) is 0 Å². The van der Waals surface area contributed by atoms with Crippen molar-refractivity contribution in [1.29, 1.82) is 0 Å². The number of nitrogens with zero attached hydrogens (tertiary/aromatic N) is 1. The van der Waals surface area contributed by atoms with E-state index in [1.165, 1.54) is 11.5 Å². The van der Waals surface area contributed by atoms with Crippen LogP contribution in [0.2, 0.25) is 0 Å². The second-order valence-electron chi connectivity index (χ2n) is 3.44. The molecule has 0 spiro atoms. The lowest BCUT2D eigenvalue weighted by molar-refractivity contribution is -0.117. The minimum absolute atomic E-state index is 0.0622. The molecular weight excluding hydrogens is 194 g/mol. The van der Waals surface area contributed by atoms with Crippen LogP contribution in [0.1, 0.15) is 13.3 Å². The van der Waals surface area contributed by atoms with Gasteiger partial charge in [-0.1, -0.05) is 12.1 Å². The third-order valence-electron chi connectivity index (χ3n) is 2.26. The van der Waals surface area contributed by atoms with Gasteiger partial charge in [0.2, 0.25) is 0 Å². The highest BCUT2D eigenvalue weighted by Crippen LogP contribution is 2.11. The molecular formula is C11H11NO3. The molecule has 0 fully saturated rings. The van der Waals surface area contributed by atoms with Crippen molar-refractivity contribution in [3.8, 4) is 0 Å². The van der Waals surface area contributed by atoms with Crippen molar-refractivity contribution >= 4 is 16.9 Å². The summed E-state index contributed by atoms with van der Waals surface area (Å²) in [5, 5.41) is 0. The van der Waals surface area contributed by atoms with E-state index in [0.717, 1.165) is 5.52 Å². The second kappa shape index (κ2) is 3.73. The minimum Gasteiger partial charge on any atom is -0.408 e. The molecule has 0 saturated heterocycles. The van der Waals surface area contributed by atoms with Crippen LogP contribution in [-0.4, -0.2) is 10.4 Å². The largest absolute Gasteiger partial charge is 0.419 e. The summed E-state index contributed by atoms with van der Waals surface area (Å²) in [6.45, 7) is 1.89. The van der Waals surface area contributed by atoms with Gasteiger partial charge in [0.1, 0.15) is 5.78 Å². The van der Waals surface area contributed by atoms with Gasteiger partial charge < -0.3 is 4.42 Å². The van der Waals surface area contributed by atoms with Crippen molar-refractivity contribution in [3.05, 3.63) is 34.8 Å². The monoisotopic (exact) mass is 205 g/mol. The molecule has 15 heavy (non-hydrogen) atoms. The number of benzene rings is 1. The van der Waals surface area contributed by atoms with Gasteiger partial charge >= 0.3 is 5.76 Å². The van der Waals surface area contributed by atoms with Crippen molar-refractivity contribution in [2.24, 2.45) is 0 Å². The zero-order valence-corrected chi connectivity index (χ0v) is 8.40. The predicted molar refractivity (Wildman–Crippen MR) is 55.8 cm³/mol. The molecule has 0 bridgehead atoms. The van der Waals surface area contributed by atoms with Gasteiger partial charge in [-0.25, -0.2) is 4.79 Å². The molecule has 4 nitrogen and oxygen atoms in total. The maximum absolute atomic E-state index is 11.4. The van der Waals surface area contributed by atoms with Gasteiger partial charge in [0, 0.05) is 13.0 Å². The molecule has 0 aliphatic carbocycles. The lowest BCUT2D eigenvalue weighted by Gasteiger charge is -1.98. The number of hydrogen-bond donors (Lipinski definition) is 0. The summed E-state index contributed by atoms with van der Waals surface area (Å²) in [6.07, 6.45) is 0.351. The molecule has 0 aliphatic heterocycles. The van der Waals surface area contributed by atoms with Gasteiger partial charge in [-0.05, 0) is 19.1 Å². The number of para-hydroxylation sites is 2. The third kappa shape index (κ3) is 1.83. The van der Waals surface area contributed by atoms with Crippen LogP contribution < -0.4 is 5.76 Å². The summed E-state index contributed by atoms with van der Waals surface area (Å²) < 4.78 is 6.51. The van der Waals surface area contributed by atoms with Crippen molar-refractivity contribution in [2.75, 3.05) is 0 Å². The van der Waals surface area contributed by atoms with Gasteiger partial charge in [-0.15, -0.1) is 0 Å². The summed E-state index contributed by atoms with van der Waals surface area (Å²) in [6, 6.07) is 7.18. The minimum atomic E-state index is -0.405. The molecule has 1 heterocycles. The third-order valence-corrected chi connectivity index (χ3v) is 2.26. The van der Waals surface area contributed by atoms with Crippen LogP contribution in [0.4, 0.5) is 0 Å². The van der Waals surface area contributed by atoms with E-state index < -0.39 is 5.76 Å². The Balaban J connectivity index is 2.45. The number of aromatic nitrogens is 1. The molecule has 1 aromatic heterocycles. The standard InChI is InChI=1S/C11H11NO3/c1-8(13)6-7-12-9-4-2-3-5-10(9)15-11(12)14/h2-5H,6-7H2,1H3. The molecule has 4 heteroatoms. The second-order valence-corrected chi connectivity index (χ2v) is 3.44. The van der Waals surface area contributed by atoms with E-state index in [4.69, 9.17) is 4.42 Å². The molecule has 0 unspecified atom stereocenters. The van der Waals surface area contributed by atoms with Crippen molar-refractivity contribution < 1.29 is 9.21 Å². The normalized spacial score (nSPS) is 10.7. The summed E-state index contributed by atoms with van der Waals surface area (Å²) in [5.74, 6) is -0.343. The molecule has 0 aliphatic rings. The Bertz CT molecular complexity index is 550. The predicted octanol–water partition coefficient (Wildman–Crippen LogP) is 1.57. The molecule has 2 rings (SSSR count). The average Bonchev–Trinajstić information content (AvgIpc) is 2.50. The lowest BCUT2D eigenvalue weighted by atomic mass is 10.3. The van der Waals surface area contributed by atoms with Gasteiger partial charge in [-0.3, -0.25) is 9.36 Å². The first-order valence-electron chi connectivity index (χ1n) is 4.76. The first-order valence-corrected chi connectivity index (χ1v) is 4.76. The fourth-order valence-electron chi connectivity index (χ4n) is 1.49. The average molecular weight is 205 g/mol. The van der Waals surface area contributed by atoms with Crippen LogP contribution in [0, 0.1) is 0 Å². The van der Waals surface area contributed by atoms with E-state index in [9.17, 15) is 9.59 Å². The maximum atomic E-state index is 11.4. The number of oxazole rings is 1. The van der Waals surface area contributed by atoms with Crippen LogP contribution in [0.25, 0.3) is 11.1 Å². The molecule has 0 N–H and O–H groups in total. The smallest absolute Gasteiger partial charge is 0.408 e. The first-order chi connectivity index (χ1) is 7.18. The highest BCUT2D eigenvalue weighted by Gasteiger charge is 2.08. The summed E-state index contributed by atoms with van der Waals surface area (Å²) >= 11 is 0. The zero-order chi connectivity index (χ0) is 10.8. The number of ketones is 1. The number of Topliss-reactive ketones (excluding diaryl/α,β-unsaturated/α-hetero) is 1. The number of rotatable bonds is 3. The van der Waals surface area contributed by atoms with Crippen LogP contribution in [0.3, 0.4) is 0 Å². The molecule has 2 aromatic rings. The maximum Gasteiger partial charge on any atom is 0.419 e. The number of aryl methyl sites for hydroxylation is 1. The van der Waals surface area contributed by atoms with Crippen molar-refractivity contribution in [3.63, 3.8) is 0 Å². The van der Waals surface area contributed by atoms with Gasteiger partial charge in [0.25, 0.3) is 0 Å². The molecule has 0 radical (unpaired) electrons. The van der Waals surface area contributed by atoms with Gasteiger partial charge in [0.15, 0.2) is 5.58 Å². The van der Waals surface area contributed by atoms with E-state index in [-0.39, 0.29) is 5.78 Å². The number of fused-ring (bicyclic) bond motifs is 1. The van der Waals surface area contributed by atoms with Crippen LogP contribution in [0.15, 0.2) is 33.5 Å². The van der Waals surface area contributed by atoms with E-state index in [0.29, 0.717) is 18.5 Å². The molecule has 0 amide bonds. The van der Waals surface area contributed by atoms with E-state index in [1.807, 2.05) is 6.07 Å². The van der Waals surface area contributed by atoms with Crippen molar-refractivity contribution in [1.82, 2.24) is 4.57 Å². The van der Waals surface area contributed by atoms with E-state index >= 15 is 0 Å². The van der Waals surface area contributed by atoms with E-state index in [1.54, 1.807) is 18.2 Å². The summed E-state index contributed by atoms with van der Waals surface area (Å²) in [7, 11) is 0. The Morgan fingerprint density at radius 1 is 1.40 bits per heavy atom. The molecule has 0 saturated carbocycles. The fraction of sp³-hybridized carbons (Fsp3) is 0.273. The van der Waals surface area contributed by atoms with Gasteiger partial charge in [-0.2, -0.15) is 0 Å². The number of carbonyl (C=O) groups is 1. The Labute approximate surface area is 86.1 Å². The number of hydrogen-bond acceptors (Lipinski definition) is 3. The fourth-order valence-corrected chi connectivity index (χ4v) is 1.49. The van der Waals surface area contributed by atoms with Crippen LogP contribution in [-0.2, 0) is 11.3 Å². The molecule has 1 aromatic carbocycles. The quantitative estimate of drug-likeness (QED) is 0.764. The Morgan fingerprint density at radius 2 is 2.13 bits per heavy atom. The SMILES string of the molecule is CC(=O)CCn1c(=O)oc2ccccc21. The summed E-state index contributed by atoms with van der Waals surface area (Å²) in [5.41, 5.74) is 1.30. The highest BCUT2D eigenvalue weighted by molar-refractivity contribution is 5.76. The zero-order valence-electron chi connectivity index (χ0n) is 8.40. The Hall–Kier alpha value is -1.84. The molecule has 0 atom stereocenters. The number of carbonyl (C=O) groups excluding carboxylic acids is 1. The van der Waals surface area contributed by atoms with Crippen LogP contribution in [0.5, 0.6) is 0 Å². The van der Waals surface area contributed by atoms with Gasteiger partial charge in [0.05, 0.1) is 5.52 Å². The topological polar surface area (TPSA) is 52.2 Å². The summed E-state index contributed by atoms with van der Waals surface area (Å²) in [4.78, 5) is 22.3. The Morgan fingerprint density at radius 3 is 2.87 bits per heavy atom. The first kappa shape index (κ1) is 9.71. The van der Waals surface area contributed by atoms with Crippen LogP contribution >= 0.6 is 0 Å². The molecule has 78 valence electrons. The highest BCUT2D eigenvalue weighted by atomic mass is 16.4. The van der Waals surface area contributed by atoms with Crippen molar-refractivity contribution in [2.45, 2.75) is 19.9 Å².